The minimum absolute atomic E-state index is 0.240. The largest absolute Gasteiger partial charge is 0.497 e. The summed E-state index contributed by atoms with van der Waals surface area (Å²) in [6.07, 6.45) is 3.51. The third-order valence-corrected chi connectivity index (χ3v) is 7.58. The molecule has 1 aliphatic rings. The van der Waals surface area contributed by atoms with Crippen molar-refractivity contribution in [1.82, 2.24) is 4.57 Å². The number of hydrogen-bond donors (Lipinski definition) is 1. The highest BCUT2D eigenvalue weighted by molar-refractivity contribution is 6.10. The molecule has 1 fully saturated rings. The molecule has 5 rings (SSSR count). The number of likely N-dealkylation sites (tertiary alicyclic amines) is 1. The molecule has 1 aromatic heterocycles. The molecule has 0 radical (unpaired) electrons. The standard InChI is InChI=1S/C31H34N2O2/c1-23-31(30(34)22-32-17-15-25(16-18-32)19-24-9-5-3-6-10-24)28-20-27(35-2)13-14-29(28)33(23)21-26-11-7-4-8-12-26/h3-14,20,25H,15-19,21-22H2,1-2H3/p+1. The number of Topliss-reactive ketones (excluding diaryl/α,β-unsaturated/α-hetero) is 1. The summed E-state index contributed by atoms with van der Waals surface area (Å²) in [6, 6.07) is 27.3. The molecule has 0 spiro atoms. The molecule has 2 heterocycles. The number of benzene rings is 3. The van der Waals surface area contributed by atoms with E-state index in [1.54, 1.807) is 7.11 Å². The molecule has 3 aromatic carbocycles. The summed E-state index contributed by atoms with van der Waals surface area (Å²) < 4.78 is 7.79. The van der Waals surface area contributed by atoms with Crippen molar-refractivity contribution in [2.24, 2.45) is 5.92 Å². The summed E-state index contributed by atoms with van der Waals surface area (Å²) in [5.74, 6) is 1.75. The van der Waals surface area contributed by atoms with Crippen LogP contribution in [0.15, 0.2) is 78.9 Å². The molecule has 0 bridgehead atoms. The Kier molecular flexibility index (Phi) is 7.01. The van der Waals surface area contributed by atoms with Gasteiger partial charge in [-0.3, -0.25) is 4.79 Å². The van der Waals surface area contributed by atoms with Gasteiger partial charge >= 0.3 is 0 Å². The Bertz CT molecular complexity index is 1290. The first-order valence-corrected chi connectivity index (χ1v) is 12.7. The number of rotatable bonds is 8. The van der Waals surface area contributed by atoms with Crippen LogP contribution >= 0.6 is 0 Å². The van der Waals surface area contributed by atoms with Crippen molar-refractivity contribution < 1.29 is 14.4 Å². The van der Waals surface area contributed by atoms with Gasteiger partial charge in [0.25, 0.3) is 0 Å². The van der Waals surface area contributed by atoms with E-state index in [1.807, 2.05) is 18.2 Å². The van der Waals surface area contributed by atoms with Crippen LogP contribution in [-0.2, 0) is 13.0 Å². The predicted octanol–water partition coefficient (Wildman–Crippen LogP) is 4.73. The van der Waals surface area contributed by atoms with Gasteiger partial charge in [-0.15, -0.1) is 0 Å². The second kappa shape index (κ2) is 10.5. The van der Waals surface area contributed by atoms with Gasteiger partial charge in [0.2, 0.25) is 5.78 Å². The highest BCUT2D eigenvalue weighted by Crippen LogP contribution is 2.30. The summed E-state index contributed by atoms with van der Waals surface area (Å²) in [7, 11) is 1.68. The number of carbonyl (C=O) groups excluding carboxylic acids is 1. The second-order valence-corrected chi connectivity index (χ2v) is 9.90. The molecule has 1 N–H and O–H groups in total. The van der Waals surface area contributed by atoms with Crippen LogP contribution in [-0.4, -0.2) is 37.1 Å². The Morgan fingerprint density at radius 1 is 0.943 bits per heavy atom. The maximum absolute atomic E-state index is 13.7. The van der Waals surface area contributed by atoms with Crippen LogP contribution in [0.3, 0.4) is 0 Å². The minimum atomic E-state index is 0.240. The van der Waals surface area contributed by atoms with Gasteiger partial charge in [-0.25, -0.2) is 0 Å². The van der Waals surface area contributed by atoms with Crippen LogP contribution in [0.1, 0.15) is 40.0 Å². The number of nitrogens with one attached hydrogen (secondary N) is 1. The molecule has 0 amide bonds. The lowest BCUT2D eigenvalue weighted by molar-refractivity contribution is -0.897. The number of piperidine rings is 1. The Balaban J connectivity index is 1.34. The van der Waals surface area contributed by atoms with Gasteiger partial charge < -0.3 is 14.2 Å². The van der Waals surface area contributed by atoms with Crippen molar-refractivity contribution >= 4 is 16.7 Å². The summed E-state index contributed by atoms with van der Waals surface area (Å²) in [6.45, 7) is 5.52. The van der Waals surface area contributed by atoms with Crippen LogP contribution in [0.2, 0.25) is 0 Å². The molecule has 35 heavy (non-hydrogen) atoms. The monoisotopic (exact) mass is 467 g/mol. The fraction of sp³-hybridized carbons (Fsp3) is 0.323. The molecule has 0 aliphatic carbocycles. The molecule has 4 heteroatoms. The minimum Gasteiger partial charge on any atom is -0.497 e. The number of ether oxygens (including phenoxy) is 1. The zero-order valence-corrected chi connectivity index (χ0v) is 20.8. The van der Waals surface area contributed by atoms with Crippen LogP contribution in [0.4, 0.5) is 0 Å². The summed E-state index contributed by atoms with van der Waals surface area (Å²) >= 11 is 0. The maximum Gasteiger partial charge on any atom is 0.219 e. The lowest BCUT2D eigenvalue weighted by Crippen LogP contribution is -3.14. The predicted molar refractivity (Wildman–Crippen MR) is 142 cm³/mol. The van der Waals surface area contributed by atoms with E-state index in [-0.39, 0.29) is 5.78 Å². The molecular formula is C31H35N2O2+. The van der Waals surface area contributed by atoms with E-state index >= 15 is 0 Å². The number of methoxy groups -OCH3 is 1. The first-order valence-electron chi connectivity index (χ1n) is 12.7. The topological polar surface area (TPSA) is 35.7 Å². The first-order chi connectivity index (χ1) is 17.1. The Labute approximate surface area is 208 Å². The van der Waals surface area contributed by atoms with Crippen LogP contribution < -0.4 is 9.64 Å². The van der Waals surface area contributed by atoms with E-state index in [0.29, 0.717) is 6.54 Å². The Hall–Kier alpha value is -3.37. The van der Waals surface area contributed by atoms with E-state index in [1.165, 1.54) is 28.9 Å². The fourth-order valence-corrected chi connectivity index (χ4v) is 5.64. The highest BCUT2D eigenvalue weighted by Gasteiger charge is 2.27. The third kappa shape index (κ3) is 5.18. The van der Waals surface area contributed by atoms with Crippen molar-refractivity contribution in [2.75, 3.05) is 26.7 Å². The van der Waals surface area contributed by atoms with E-state index < -0.39 is 0 Å². The number of carbonyl (C=O) groups is 1. The van der Waals surface area contributed by atoms with Gasteiger partial charge in [-0.2, -0.15) is 0 Å². The van der Waals surface area contributed by atoms with Gasteiger partial charge in [0.05, 0.1) is 25.8 Å². The fourth-order valence-electron chi connectivity index (χ4n) is 5.64. The Morgan fingerprint density at radius 3 is 2.26 bits per heavy atom. The molecule has 1 aliphatic heterocycles. The zero-order chi connectivity index (χ0) is 24.2. The number of quaternary nitrogens is 1. The van der Waals surface area contributed by atoms with Crippen molar-refractivity contribution in [1.29, 1.82) is 0 Å². The lowest BCUT2D eigenvalue weighted by Gasteiger charge is -2.29. The van der Waals surface area contributed by atoms with Crippen molar-refractivity contribution in [3.8, 4) is 5.75 Å². The maximum atomic E-state index is 13.7. The van der Waals surface area contributed by atoms with E-state index in [9.17, 15) is 4.79 Å². The van der Waals surface area contributed by atoms with E-state index in [4.69, 9.17) is 4.74 Å². The quantitative estimate of drug-likeness (QED) is 0.381. The third-order valence-electron chi connectivity index (χ3n) is 7.58. The molecule has 1 saturated heterocycles. The van der Waals surface area contributed by atoms with Crippen molar-refractivity contribution in [2.45, 2.75) is 32.7 Å². The average Bonchev–Trinajstić information content (AvgIpc) is 3.16. The van der Waals surface area contributed by atoms with E-state index in [0.717, 1.165) is 59.9 Å². The number of fused-ring (bicyclic) bond motifs is 1. The van der Waals surface area contributed by atoms with Gasteiger partial charge in [0.1, 0.15) is 12.3 Å². The van der Waals surface area contributed by atoms with Gasteiger partial charge in [-0.05, 0) is 61.4 Å². The lowest BCUT2D eigenvalue weighted by atomic mass is 9.90. The van der Waals surface area contributed by atoms with E-state index in [2.05, 4.69) is 72.2 Å². The molecule has 4 nitrogen and oxygen atoms in total. The number of nitrogens with zero attached hydrogens (tertiary/aromatic N) is 1. The van der Waals surface area contributed by atoms with Gasteiger partial charge in [0.15, 0.2) is 0 Å². The zero-order valence-electron chi connectivity index (χ0n) is 20.8. The number of aromatic nitrogens is 1. The van der Waals surface area contributed by atoms with Crippen LogP contribution in [0.5, 0.6) is 5.75 Å². The molecular weight excluding hydrogens is 432 g/mol. The number of ketones is 1. The molecule has 0 saturated carbocycles. The smallest absolute Gasteiger partial charge is 0.219 e. The normalized spacial score (nSPS) is 18.0. The summed E-state index contributed by atoms with van der Waals surface area (Å²) in [5, 5.41) is 1.00. The van der Waals surface area contributed by atoms with Crippen molar-refractivity contribution in [3.63, 3.8) is 0 Å². The highest BCUT2D eigenvalue weighted by atomic mass is 16.5. The molecule has 0 atom stereocenters. The van der Waals surface area contributed by atoms with Gasteiger partial charge in [-0.1, -0.05) is 60.7 Å². The molecule has 180 valence electrons. The van der Waals surface area contributed by atoms with Gasteiger partial charge in [0, 0.05) is 23.1 Å². The molecule has 4 aromatic rings. The first kappa shape index (κ1) is 23.4. The molecule has 0 unspecified atom stereocenters. The second-order valence-electron chi connectivity index (χ2n) is 9.90. The van der Waals surface area contributed by atoms with Crippen molar-refractivity contribution in [3.05, 3.63) is 101 Å². The van der Waals surface area contributed by atoms with Crippen LogP contribution in [0, 0.1) is 12.8 Å². The van der Waals surface area contributed by atoms with Crippen LogP contribution in [0.25, 0.3) is 10.9 Å². The Morgan fingerprint density at radius 2 is 1.60 bits per heavy atom. The SMILES string of the molecule is COc1ccc2c(c1)c(C(=O)C[NH+]1CCC(Cc3ccccc3)CC1)c(C)n2Cc1ccccc1. The summed E-state index contributed by atoms with van der Waals surface area (Å²) in [4.78, 5) is 15.1. The average molecular weight is 468 g/mol. The number of hydrogen-bond acceptors (Lipinski definition) is 2. The summed E-state index contributed by atoms with van der Waals surface area (Å²) in [5.41, 5.74) is 5.64.